The third-order valence-electron chi connectivity index (χ3n) is 0. The molecule has 0 saturated carbocycles. The maximum absolute atomic E-state index is 9.00. The Kier molecular flexibility index (Phi) is 42.0. The van der Waals surface area contributed by atoms with Crippen LogP contribution in [0, 0.1) is 0 Å². The summed E-state index contributed by atoms with van der Waals surface area (Å²) in [5.74, 6) is -0.833. The summed E-state index contributed by atoms with van der Waals surface area (Å²) in [7, 11) is 1.50. The lowest BCUT2D eigenvalue weighted by molar-refractivity contribution is -0.134. The van der Waals surface area contributed by atoms with E-state index in [0.29, 0.717) is 0 Å². The zero-order valence-corrected chi connectivity index (χ0v) is 4.43. The van der Waals surface area contributed by atoms with Gasteiger partial charge in [0.1, 0.15) is 0 Å². The van der Waals surface area contributed by atoms with Crippen molar-refractivity contribution in [3.8, 4) is 0 Å². The quantitative estimate of drug-likeness (QED) is 0.410. The molecule has 0 amide bonds. The van der Waals surface area contributed by atoms with Crippen LogP contribution in [0.5, 0.6) is 0 Å². The Hall–Kier alpha value is -0.610. The fourth-order valence-corrected chi connectivity index (χ4v) is 0. The molecule has 0 heterocycles. The first-order valence-electron chi connectivity index (χ1n) is 1.51. The van der Waals surface area contributed by atoms with Gasteiger partial charge in [-0.3, -0.25) is 4.79 Å². The predicted octanol–water partition coefficient (Wildman–Crippen LogP) is -1.16. The Bertz CT molecular complexity index is 33.2. The lowest BCUT2D eigenvalue weighted by atomic mass is 10.9. The van der Waals surface area contributed by atoms with Gasteiger partial charge in [0, 0.05) is 6.92 Å². The molecule has 5 N–H and O–H groups in total. The van der Waals surface area contributed by atoms with Crippen molar-refractivity contribution in [2.24, 2.45) is 5.73 Å². The van der Waals surface area contributed by atoms with E-state index in [4.69, 9.17) is 9.90 Å². The van der Waals surface area contributed by atoms with Gasteiger partial charge in [0.05, 0.1) is 0 Å². The van der Waals surface area contributed by atoms with Crippen LogP contribution in [-0.2, 0) is 4.79 Å². The molecular weight excluding hydrogens is 98.0 g/mol. The van der Waals surface area contributed by atoms with Crippen LogP contribution in [0.4, 0.5) is 0 Å². The number of carboxylic acid groups (broad SMARTS) is 1. The summed E-state index contributed by atoms with van der Waals surface area (Å²) in [6.07, 6.45) is 0. The molecule has 0 aliphatic rings. The Balaban J connectivity index is -0.0000000480. The van der Waals surface area contributed by atoms with Crippen molar-refractivity contribution < 1.29 is 15.4 Å². The van der Waals surface area contributed by atoms with Gasteiger partial charge in [-0.05, 0) is 7.05 Å². The van der Waals surface area contributed by atoms with Gasteiger partial charge in [-0.2, -0.15) is 0 Å². The van der Waals surface area contributed by atoms with E-state index < -0.39 is 5.97 Å². The van der Waals surface area contributed by atoms with E-state index in [1.54, 1.807) is 0 Å². The highest BCUT2D eigenvalue weighted by Gasteiger charge is 1.65. The monoisotopic (exact) mass is 109 g/mol. The molecule has 0 aromatic carbocycles. The molecule has 0 rings (SSSR count). The van der Waals surface area contributed by atoms with Gasteiger partial charge in [-0.25, -0.2) is 0 Å². The van der Waals surface area contributed by atoms with Crippen LogP contribution in [0.3, 0.4) is 0 Å². The SMILES string of the molecule is CC(=O)O.CN.O. The molecule has 0 saturated heterocycles. The van der Waals surface area contributed by atoms with Gasteiger partial charge in [-0.15, -0.1) is 0 Å². The molecule has 0 fully saturated rings. The number of rotatable bonds is 0. The van der Waals surface area contributed by atoms with Crippen LogP contribution in [0.1, 0.15) is 6.92 Å². The van der Waals surface area contributed by atoms with E-state index in [1.807, 2.05) is 0 Å². The van der Waals surface area contributed by atoms with Crippen LogP contribution in [0.15, 0.2) is 0 Å². The van der Waals surface area contributed by atoms with Crippen LogP contribution < -0.4 is 5.73 Å². The molecule has 0 aliphatic heterocycles. The third-order valence-corrected chi connectivity index (χ3v) is 0. The third kappa shape index (κ3) is 166. The average Bonchev–Trinajstić information content (AvgIpc) is 1.41. The lowest BCUT2D eigenvalue weighted by Crippen LogP contribution is -1.78. The summed E-state index contributed by atoms with van der Waals surface area (Å²) in [5.41, 5.74) is 4.50. The van der Waals surface area contributed by atoms with Crippen LogP contribution in [0.25, 0.3) is 0 Å². The fraction of sp³-hybridized carbons (Fsp3) is 0.667. The zero-order valence-electron chi connectivity index (χ0n) is 4.43. The second kappa shape index (κ2) is 18.2. The first-order valence-corrected chi connectivity index (χ1v) is 1.51. The summed E-state index contributed by atoms with van der Waals surface area (Å²) in [6, 6.07) is 0. The first kappa shape index (κ1) is 16.2. The van der Waals surface area contributed by atoms with Crippen molar-refractivity contribution >= 4 is 5.97 Å². The van der Waals surface area contributed by atoms with Crippen molar-refractivity contribution in [3.05, 3.63) is 0 Å². The van der Waals surface area contributed by atoms with Crippen molar-refractivity contribution in [2.75, 3.05) is 7.05 Å². The van der Waals surface area contributed by atoms with E-state index in [-0.39, 0.29) is 5.48 Å². The predicted molar refractivity (Wildman–Crippen MR) is 27.0 cm³/mol. The normalized spacial score (nSPS) is 4.43. The van der Waals surface area contributed by atoms with Crippen molar-refractivity contribution in [2.45, 2.75) is 6.92 Å². The molecule has 0 bridgehead atoms. The minimum absolute atomic E-state index is 0. The maximum Gasteiger partial charge on any atom is 0.300 e. The summed E-state index contributed by atoms with van der Waals surface area (Å²) >= 11 is 0. The Morgan fingerprint density at radius 2 is 1.57 bits per heavy atom. The van der Waals surface area contributed by atoms with Gasteiger partial charge in [0.15, 0.2) is 0 Å². The summed E-state index contributed by atoms with van der Waals surface area (Å²) in [5, 5.41) is 7.42. The van der Waals surface area contributed by atoms with Crippen LogP contribution in [0.2, 0.25) is 0 Å². The second-order valence-corrected chi connectivity index (χ2v) is 0.519. The number of carbonyl (C=O) groups is 1. The van der Waals surface area contributed by atoms with Gasteiger partial charge in [-0.1, -0.05) is 0 Å². The Labute approximate surface area is 42.3 Å². The van der Waals surface area contributed by atoms with Gasteiger partial charge >= 0.3 is 0 Å². The lowest BCUT2D eigenvalue weighted by Gasteiger charge is -1.59. The smallest absolute Gasteiger partial charge is 0.300 e. The van der Waals surface area contributed by atoms with E-state index in [9.17, 15) is 0 Å². The molecule has 4 heteroatoms. The molecule has 0 aliphatic carbocycles. The van der Waals surface area contributed by atoms with Crippen molar-refractivity contribution in [1.29, 1.82) is 0 Å². The molecular formula is C3H11NO3. The molecule has 0 aromatic rings. The molecule has 0 atom stereocenters. The van der Waals surface area contributed by atoms with Crippen molar-refractivity contribution in [3.63, 3.8) is 0 Å². The largest absolute Gasteiger partial charge is 0.481 e. The molecule has 0 radical (unpaired) electrons. The highest BCUT2D eigenvalue weighted by Crippen LogP contribution is 1.42. The summed E-state index contributed by atoms with van der Waals surface area (Å²) in [4.78, 5) is 9.00. The minimum atomic E-state index is -0.833. The molecule has 0 unspecified atom stereocenters. The number of aliphatic carboxylic acids is 1. The number of hydrogen-bond donors (Lipinski definition) is 2. The zero-order chi connectivity index (χ0) is 5.58. The highest BCUT2D eigenvalue weighted by atomic mass is 16.4. The van der Waals surface area contributed by atoms with E-state index in [2.05, 4.69) is 5.73 Å². The van der Waals surface area contributed by atoms with E-state index >= 15 is 0 Å². The minimum Gasteiger partial charge on any atom is -0.481 e. The van der Waals surface area contributed by atoms with Gasteiger partial charge in [0.25, 0.3) is 5.97 Å². The van der Waals surface area contributed by atoms with Gasteiger partial charge < -0.3 is 16.3 Å². The van der Waals surface area contributed by atoms with E-state index in [0.717, 1.165) is 6.92 Å². The Morgan fingerprint density at radius 1 is 1.57 bits per heavy atom. The second-order valence-electron chi connectivity index (χ2n) is 0.519. The van der Waals surface area contributed by atoms with Crippen LogP contribution in [-0.4, -0.2) is 23.6 Å². The topological polar surface area (TPSA) is 94.8 Å². The molecule has 0 aromatic heterocycles. The fourth-order valence-electron chi connectivity index (χ4n) is 0. The molecule has 46 valence electrons. The molecule has 7 heavy (non-hydrogen) atoms. The van der Waals surface area contributed by atoms with Gasteiger partial charge in [0.2, 0.25) is 0 Å². The maximum atomic E-state index is 9.00. The number of carboxylic acids is 1. The average molecular weight is 109 g/mol. The molecule has 0 spiro atoms. The molecule has 4 nitrogen and oxygen atoms in total. The van der Waals surface area contributed by atoms with E-state index in [1.165, 1.54) is 7.05 Å². The number of hydrogen-bond acceptors (Lipinski definition) is 2. The summed E-state index contributed by atoms with van der Waals surface area (Å²) in [6.45, 7) is 1.08. The first-order chi connectivity index (χ1) is 2.73. The highest BCUT2D eigenvalue weighted by molar-refractivity contribution is 5.62. The van der Waals surface area contributed by atoms with Crippen LogP contribution >= 0.6 is 0 Å². The summed E-state index contributed by atoms with van der Waals surface area (Å²) < 4.78 is 0. The van der Waals surface area contributed by atoms with Crippen molar-refractivity contribution in [1.82, 2.24) is 0 Å². The number of nitrogens with two attached hydrogens (primary N) is 1. The Morgan fingerprint density at radius 3 is 1.57 bits per heavy atom. The standard InChI is InChI=1S/C2H4O2.CH5N.H2O/c1-2(3)4;1-2;/h1H3,(H,3,4);2H2,1H3;1H2.